The fourth-order valence-corrected chi connectivity index (χ4v) is 1.72. The van der Waals surface area contributed by atoms with Gasteiger partial charge in [-0.3, -0.25) is 5.10 Å². The van der Waals surface area contributed by atoms with E-state index in [0.717, 1.165) is 23.9 Å². The van der Waals surface area contributed by atoms with Crippen LogP contribution in [0.3, 0.4) is 0 Å². The zero-order valence-electron chi connectivity index (χ0n) is 7.90. The molecule has 0 aliphatic heterocycles. The van der Waals surface area contributed by atoms with E-state index in [1.54, 1.807) is 6.07 Å². The second-order valence-corrected chi connectivity index (χ2v) is 3.81. The second kappa shape index (κ2) is 2.79. The molecule has 0 radical (unpaired) electrons. The summed E-state index contributed by atoms with van der Waals surface area (Å²) in [5.74, 6) is -0.437. The van der Waals surface area contributed by atoms with Crippen LogP contribution in [-0.4, -0.2) is 26.3 Å². The maximum Gasteiger partial charge on any atom is 0.337 e. The molecule has 1 aliphatic carbocycles. The first-order valence-electron chi connectivity index (χ1n) is 4.83. The fraction of sp³-hybridized carbons (Fsp3) is 0.300. The van der Waals surface area contributed by atoms with Crippen LogP contribution < -0.4 is 0 Å². The molecule has 1 aliphatic rings. The number of H-pyrrole nitrogens is 1. The summed E-state index contributed by atoms with van der Waals surface area (Å²) in [6.07, 6.45) is 3.63. The van der Waals surface area contributed by atoms with Crippen LogP contribution in [0.25, 0.3) is 11.0 Å². The smallest absolute Gasteiger partial charge is 0.337 e. The predicted molar refractivity (Wildman–Crippen MR) is 52.8 cm³/mol. The van der Waals surface area contributed by atoms with Crippen LogP contribution in [0.4, 0.5) is 0 Å². The van der Waals surface area contributed by atoms with Gasteiger partial charge in [0.1, 0.15) is 0 Å². The van der Waals surface area contributed by atoms with Gasteiger partial charge in [0.25, 0.3) is 0 Å². The number of aromatic carboxylic acids is 1. The molecule has 3 rings (SSSR count). The highest BCUT2D eigenvalue weighted by Crippen LogP contribution is 2.41. The Bertz CT molecular complexity index is 543. The van der Waals surface area contributed by atoms with E-state index in [1.165, 1.54) is 6.20 Å². The summed E-state index contributed by atoms with van der Waals surface area (Å²) in [5.41, 5.74) is 1.84. The third kappa shape index (κ3) is 1.27. The van der Waals surface area contributed by atoms with Crippen molar-refractivity contribution in [3.63, 3.8) is 0 Å². The molecule has 76 valence electrons. The van der Waals surface area contributed by atoms with E-state index in [1.807, 2.05) is 0 Å². The standard InChI is InChI=1S/C10H9N3O2/c14-10(15)6-3-7-8(5-1-2-5)12-13-9(7)11-4-6/h3-5H,1-2H2,(H,14,15)(H,11,12,13). The number of fused-ring (bicyclic) bond motifs is 1. The molecule has 2 N–H and O–H groups in total. The second-order valence-electron chi connectivity index (χ2n) is 3.81. The Kier molecular flexibility index (Phi) is 1.56. The molecule has 5 nitrogen and oxygen atoms in total. The lowest BCUT2D eigenvalue weighted by molar-refractivity contribution is 0.0696. The SMILES string of the molecule is O=C(O)c1cnc2n[nH]c(C3CC3)c2c1. The molecule has 1 fully saturated rings. The molecule has 1 saturated carbocycles. The van der Waals surface area contributed by atoms with E-state index < -0.39 is 5.97 Å². The fourth-order valence-electron chi connectivity index (χ4n) is 1.72. The third-order valence-corrected chi connectivity index (χ3v) is 2.67. The van der Waals surface area contributed by atoms with Crippen molar-refractivity contribution in [1.82, 2.24) is 15.2 Å². The van der Waals surface area contributed by atoms with Gasteiger partial charge in [-0.05, 0) is 18.9 Å². The molecule has 5 heteroatoms. The Morgan fingerprint density at radius 1 is 1.53 bits per heavy atom. The van der Waals surface area contributed by atoms with Gasteiger partial charge in [0.2, 0.25) is 0 Å². The van der Waals surface area contributed by atoms with Gasteiger partial charge in [0.05, 0.1) is 5.56 Å². The van der Waals surface area contributed by atoms with Crippen LogP contribution in [0, 0.1) is 0 Å². The molecule has 2 heterocycles. The van der Waals surface area contributed by atoms with E-state index >= 15 is 0 Å². The number of aromatic nitrogens is 3. The van der Waals surface area contributed by atoms with Crippen LogP contribution in [-0.2, 0) is 0 Å². The highest BCUT2D eigenvalue weighted by Gasteiger charge is 2.27. The van der Waals surface area contributed by atoms with Gasteiger partial charge >= 0.3 is 5.97 Å². The number of carbonyl (C=O) groups is 1. The molecule has 0 saturated heterocycles. The van der Waals surface area contributed by atoms with Gasteiger partial charge in [-0.15, -0.1) is 0 Å². The Labute approximate surface area is 85.1 Å². The maximum absolute atomic E-state index is 10.8. The number of nitrogens with zero attached hydrogens (tertiary/aromatic N) is 2. The summed E-state index contributed by atoms with van der Waals surface area (Å²) in [6, 6.07) is 1.64. The molecule has 0 bridgehead atoms. The number of hydrogen-bond acceptors (Lipinski definition) is 3. The average Bonchev–Trinajstić information content (AvgIpc) is 2.98. The highest BCUT2D eigenvalue weighted by atomic mass is 16.4. The Balaban J connectivity index is 2.21. The summed E-state index contributed by atoms with van der Waals surface area (Å²) in [6.45, 7) is 0. The summed E-state index contributed by atoms with van der Waals surface area (Å²) in [7, 11) is 0. The molecule has 0 aromatic carbocycles. The molecule has 0 amide bonds. The minimum atomic E-state index is -0.952. The number of hydrogen-bond donors (Lipinski definition) is 2. The zero-order chi connectivity index (χ0) is 10.4. The number of carboxylic acids is 1. The van der Waals surface area contributed by atoms with Crippen LogP contribution in [0.5, 0.6) is 0 Å². The van der Waals surface area contributed by atoms with E-state index in [0.29, 0.717) is 11.6 Å². The van der Waals surface area contributed by atoms with Gasteiger partial charge in [0, 0.05) is 23.2 Å². The van der Waals surface area contributed by atoms with Crippen molar-refractivity contribution in [3.8, 4) is 0 Å². The minimum Gasteiger partial charge on any atom is -0.478 e. The summed E-state index contributed by atoms with van der Waals surface area (Å²) >= 11 is 0. The number of aromatic amines is 1. The number of pyridine rings is 1. The zero-order valence-corrected chi connectivity index (χ0v) is 7.90. The summed E-state index contributed by atoms with van der Waals surface area (Å²) in [5, 5.41) is 16.7. The average molecular weight is 203 g/mol. The quantitative estimate of drug-likeness (QED) is 0.775. The molecule has 2 aromatic rings. The Morgan fingerprint density at radius 2 is 2.33 bits per heavy atom. The van der Waals surface area contributed by atoms with Gasteiger partial charge in [-0.2, -0.15) is 5.10 Å². The third-order valence-electron chi connectivity index (χ3n) is 2.67. The first kappa shape index (κ1) is 8.40. The molecule has 2 aromatic heterocycles. The van der Waals surface area contributed by atoms with Crippen molar-refractivity contribution >= 4 is 17.0 Å². The Morgan fingerprint density at radius 3 is 3.00 bits per heavy atom. The lowest BCUT2D eigenvalue weighted by atomic mass is 10.1. The van der Waals surface area contributed by atoms with Crippen LogP contribution in [0.1, 0.15) is 34.8 Å². The van der Waals surface area contributed by atoms with Crippen LogP contribution >= 0.6 is 0 Å². The molecule has 0 atom stereocenters. The van der Waals surface area contributed by atoms with Gasteiger partial charge in [0.15, 0.2) is 5.65 Å². The van der Waals surface area contributed by atoms with Crippen molar-refractivity contribution < 1.29 is 9.90 Å². The van der Waals surface area contributed by atoms with Crippen molar-refractivity contribution in [2.45, 2.75) is 18.8 Å². The Hall–Kier alpha value is -1.91. The predicted octanol–water partition coefficient (Wildman–Crippen LogP) is 1.53. The van der Waals surface area contributed by atoms with E-state index in [-0.39, 0.29) is 5.56 Å². The molecule has 15 heavy (non-hydrogen) atoms. The van der Waals surface area contributed by atoms with Crippen LogP contribution in [0.15, 0.2) is 12.3 Å². The van der Waals surface area contributed by atoms with Crippen molar-refractivity contribution in [3.05, 3.63) is 23.5 Å². The summed E-state index contributed by atoms with van der Waals surface area (Å²) < 4.78 is 0. The highest BCUT2D eigenvalue weighted by molar-refractivity contribution is 5.92. The lowest BCUT2D eigenvalue weighted by Crippen LogP contribution is -1.96. The maximum atomic E-state index is 10.8. The van der Waals surface area contributed by atoms with E-state index in [2.05, 4.69) is 15.2 Å². The molecular formula is C10H9N3O2. The van der Waals surface area contributed by atoms with Crippen molar-refractivity contribution in [2.24, 2.45) is 0 Å². The molecule has 0 unspecified atom stereocenters. The topological polar surface area (TPSA) is 78.9 Å². The van der Waals surface area contributed by atoms with Crippen molar-refractivity contribution in [1.29, 1.82) is 0 Å². The van der Waals surface area contributed by atoms with E-state index in [9.17, 15) is 4.79 Å². The molecular weight excluding hydrogens is 194 g/mol. The monoisotopic (exact) mass is 203 g/mol. The first-order chi connectivity index (χ1) is 7.25. The molecule has 0 spiro atoms. The van der Waals surface area contributed by atoms with E-state index in [4.69, 9.17) is 5.11 Å². The first-order valence-corrected chi connectivity index (χ1v) is 4.83. The van der Waals surface area contributed by atoms with Gasteiger partial charge in [-0.1, -0.05) is 0 Å². The minimum absolute atomic E-state index is 0.214. The van der Waals surface area contributed by atoms with Gasteiger partial charge in [-0.25, -0.2) is 9.78 Å². The largest absolute Gasteiger partial charge is 0.478 e. The lowest BCUT2D eigenvalue weighted by Gasteiger charge is -1.95. The number of nitrogens with one attached hydrogen (secondary N) is 1. The normalized spacial score (nSPS) is 15.7. The van der Waals surface area contributed by atoms with Gasteiger partial charge < -0.3 is 5.11 Å². The van der Waals surface area contributed by atoms with Crippen molar-refractivity contribution in [2.75, 3.05) is 0 Å². The van der Waals surface area contributed by atoms with Crippen LogP contribution in [0.2, 0.25) is 0 Å². The number of carboxylic acid groups (broad SMARTS) is 1. The number of rotatable bonds is 2. The summed E-state index contributed by atoms with van der Waals surface area (Å²) in [4.78, 5) is 14.8.